The Morgan fingerprint density at radius 1 is 0.933 bits per heavy atom. The van der Waals surface area contributed by atoms with Gasteiger partial charge in [-0.1, -0.05) is 11.6 Å². The summed E-state index contributed by atoms with van der Waals surface area (Å²) >= 11 is 0. The number of nitrogen functional groups attached to an aromatic ring is 1. The molecular weight excluding hydrogens is 436 g/mol. The van der Waals surface area contributed by atoms with Crippen LogP contribution in [0.4, 0.5) is 11.4 Å². The summed E-state index contributed by atoms with van der Waals surface area (Å²) in [6.07, 6.45) is 0. The first kappa shape index (κ1) is 21.5. The fourth-order valence-electron chi connectivity index (χ4n) is 2.89. The highest BCUT2D eigenvalue weighted by molar-refractivity contribution is 7.86. The summed E-state index contributed by atoms with van der Waals surface area (Å²) in [7, 11) is -9.49. The maximum absolute atomic E-state index is 12.7. The summed E-state index contributed by atoms with van der Waals surface area (Å²) in [5.74, 6) is -1.39. The molecule has 3 rings (SSSR count). The van der Waals surface area contributed by atoms with Gasteiger partial charge in [-0.2, -0.15) is 16.8 Å². The number of aromatic hydroxyl groups is 1. The van der Waals surface area contributed by atoms with Crippen LogP contribution in [0.5, 0.6) is 5.75 Å². The van der Waals surface area contributed by atoms with Gasteiger partial charge in [0.05, 0.1) is 21.0 Å². The minimum atomic E-state index is -4.76. The van der Waals surface area contributed by atoms with Crippen LogP contribution >= 0.6 is 0 Å². The number of hydrogen-bond acceptors (Lipinski definition) is 7. The van der Waals surface area contributed by atoms with Crippen LogP contribution in [-0.4, -0.2) is 37.0 Å². The second-order valence-electron chi connectivity index (χ2n) is 6.51. The largest absolute Gasteiger partial charge is 0.507 e. The first-order valence-electron chi connectivity index (χ1n) is 8.20. The summed E-state index contributed by atoms with van der Waals surface area (Å²) in [5.41, 5.74) is 6.53. The number of amides is 1. The first-order valence-corrected chi connectivity index (χ1v) is 11.1. The van der Waals surface area contributed by atoms with Crippen molar-refractivity contribution in [1.82, 2.24) is 0 Å². The molecule has 0 heterocycles. The number of carbonyl (C=O) groups is 1. The minimum Gasteiger partial charge on any atom is -0.507 e. The number of fused-ring (bicyclic) bond motifs is 1. The van der Waals surface area contributed by atoms with Gasteiger partial charge in [0.2, 0.25) is 0 Å². The van der Waals surface area contributed by atoms with Crippen LogP contribution in [0.1, 0.15) is 15.9 Å². The van der Waals surface area contributed by atoms with Gasteiger partial charge in [0.25, 0.3) is 26.1 Å². The van der Waals surface area contributed by atoms with Crippen molar-refractivity contribution in [1.29, 1.82) is 0 Å². The quantitative estimate of drug-likeness (QED) is 0.292. The van der Waals surface area contributed by atoms with E-state index in [4.69, 9.17) is 5.73 Å². The molecule has 0 bridgehead atoms. The van der Waals surface area contributed by atoms with Gasteiger partial charge in [0, 0.05) is 17.1 Å². The summed E-state index contributed by atoms with van der Waals surface area (Å²) in [6, 6.07) is 8.09. The smallest absolute Gasteiger partial charge is 0.294 e. The SMILES string of the molecule is Cc1ccc(N)c(C(=O)Nc2cc(S(=O)(=O)O)cc3cc(S(=O)(=O)O)cc(O)c23)c1. The Morgan fingerprint density at radius 3 is 2.07 bits per heavy atom. The molecule has 0 aliphatic carbocycles. The zero-order valence-electron chi connectivity index (χ0n) is 15.3. The van der Waals surface area contributed by atoms with Gasteiger partial charge >= 0.3 is 0 Å². The van der Waals surface area contributed by atoms with Gasteiger partial charge in [-0.3, -0.25) is 13.9 Å². The third-order valence-electron chi connectivity index (χ3n) is 4.27. The number of rotatable bonds is 4. The molecular formula is C18H16N2O8S2. The van der Waals surface area contributed by atoms with Crippen molar-refractivity contribution < 1.29 is 35.8 Å². The van der Waals surface area contributed by atoms with Crippen molar-refractivity contribution in [2.24, 2.45) is 0 Å². The van der Waals surface area contributed by atoms with Crippen molar-refractivity contribution in [2.45, 2.75) is 16.7 Å². The third kappa shape index (κ3) is 4.21. The molecule has 0 aliphatic heterocycles. The molecule has 0 saturated heterocycles. The second kappa shape index (κ2) is 7.25. The predicted molar refractivity (Wildman–Crippen MR) is 109 cm³/mol. The maximum atomic E-state index is 12.7. The van der Waals surface area contributed by atoms with Gasteiger partial charge < -0.3 is 16.2 Å². The van der Waals surface area contributed by atoms with Gasteiger partial charge in [-0.15, -0.1) is 0 Å². The van der Waals surface area contributed by atoms with Crippen LogP contribution in [0.15, 0.2) is 52.3 Å². The molecule has 158 valence electrons. The number of benzene rings is 3. The molecule has 3 aromatic carbocycles. The average molecular weight is 452 g/mol. The van der Waals surface area contributed by atoms with E-state index in [9.17, 15) is 35.8 Å². The molecule has 6 N–H and O–H groups in total. The fourth-order valence-corrected chi connectivity index (χ4v) is 3.97. The lowest BCUT2D eigenvalue weighted by Crippen LogP contribution is -2.15. The van der Waals surface area contributed by atoms with Gasteiger partial charge in [0.1, 0.15) is 5.75 Å². The maximum Gasteiger partial charge on any atom is 0.294 e. The molecule has 0 saturated carbocycles. The molecule has 0 atom stereocenters. The highest BCUT2D eigenvalue weighted by Crippen LogP contribution is 2.37. The van der Waals surface area contributed by atoms with E-state index in [0.29, 0.717) is 0 Å². The highest BCUT2D eigenvalue weighted by Gasteiger charge is 2.21. The predicted octanol–water partition coefficient (Wildman–Crippen LogP) is 2.18. The summed E-state index contributed by atoms with van der Waals surface area (Å²) < 4.78 is 64.8. The van der Waals surface area contributed by atoms with Crippen LogP contribution in [0.2, 0.25) is 0 Å². The lowest BCUT2D eigenvalue weighted by atomic mass is 10.1. The molecule has 30 heavy (non-hydrogen) atoms. The Labute approximate surface area is 171 Å². The minimum absolute atomic E-state index is 0.0782. The van der Waals surface area contributed by atoms with E-state index in [1.54, 1.807) is 13.0 Å². The molecule has 0 aromatic heterocycles. The molecule has 1 amide bonds. The number of aryl methyl sites for hydroxylation is 1. The van der Waals surface area contributed by atoms with Crippen molar-refractivity contribution >= 4 is 48.3 Å². The lowest BCUT2D eigenvalue weighted by Gasteiger charge is -2.14. The Morgan fingerprint density at radius 2 is 1.50 bits per heavy atom. The second-order valence-corrected chi connectivity index (χ2v) is 9.35. The first-order chi connectivity index (χ1) is 13.8. The van der Waals surface area contributed by atoms with Crippen LogP contribution in [0.3, 0.4) is 0 Å². The number of nitrogens with one attached hydrogen (secondary N) is 1. The molecule has 0 spiro atoms. The summed E-state index contributed by atoms with van der Waals surface area (Å²) in [5, 5.41) is 12.4. The summed E-state index contributed by atoms with van der Waals surface area (Å²) in [4.78, 5) is 11.3. The molecule has 12 heteroatoms. The number of anilines is 2. The Bertz CT molecular complexity index is 1410. The number of phenolic OH excluding ortho intramolecular Hbond substituents is 1. The lowest BCUT2D eigenvalue weighted by molar-refractivity contribution is 0.102. The summed E-state index contributed by atoms with van der Waals surface area (Å²) in [6.45, 7) is 1.73. The third-order valence-corrected chi connectivity index (χ3v) is 5.94. The van der Waals surface area contributed by atoms with E-state index >= 15 is 0 Å². The van der Waals surface area contributed by atoms with Gasteiger partial charge in [0.15, 0.2) is 0 Å². The molecule has 3 aromatic rings. The van der Waals surface area contributed by atoms with Crippen LogP contribution < -0.4 is 11.1 Å². The van der Waals surface area contributed by atoms with E-state index in [1.807, 2.05) is 0 Å². The molecule has 0 fully saturated rings. The van der Waals surface area contributed by atoms with E-state index < -0.39 is 41.7 Å². The van der Waals surface area contributed by atoms with Crippen LogP contribution in [-0.2, 0) is 20.2 Å². The zero-order valence-corrected chi connectivity index (χ0v) is 17.0. The van der Waals surface area contributed by atoms with Gasteiger partial charge in [-0.25, -0.2) is 0 Å². The fraction of sp³-hybridized carbons (Fsp3) is 0.0556. The van der Waals surface area contributed by atoms with Crippen molar-refractivity contribution in [3.8, 4) is 5.75 Å². The standard InChI is InChI=1S/C18H16N2O8S2/c1-9-2-3-14(19)13(4-9)18(22)20-15-7-11(29(23,24)25)5-10-6-12(30(26,27)28)8-16(21)17(10)15/h2-8,21H,19H2,1H3,(H,20,22)(H,23,24,25)(H,26,27,28). The number of carbonyl (C=O) groups excluding carboxylic acids is 1. The van der Waals surface area contributed by atoms with E-state index in [0.717, 1.165) is 29.8 Å². The van der Waals surface area contributed by atoms with E-state index in [1.165, 1.54) is 12.1 Å². The van der Waals surface area contributed by atoms with E-state index in [2.05, 4.69) is 5.32 Å². The normalized spacial score (nSPS) is 12.1. The zero-order chi connectivity index (χ0) is 22.4. The molecule has 0 radical (unpaired) electrons. The highest BCUT2D eigenvalue weighted by atomic mass is 32.2. The number of hydrogen-bond donors (Lipinski definition) is 5. The molecule has 10 nitrogen and oxygen atoms in total. The van der Waals surface area contributed by atoms with Gasteiger partial charge in [-0.05, 0) is 42.6 Å². The Balaban J connectivity index is 2.27. The monoisotopic (exact) mass is 452 g/mol. The van der Waals surface area contributed by atoms with E-state index in [-0.39, 0.29) is 27.7 Å². The van der Waals surface area contributed by atoms with Crippen molar-refractivity contribution in [3.05, 3.63) is 53.6 Å². The molecule has 0 aliphatic rings. The van der Waals surface area contributed by atoms with Crippen LogP contribution in [0.25, 0.3) is 10.8 Å². The topological polar surface area (TPSA) is 184 Å². The Kier molecular flexibility index (Phi) is 5.20. The Hall–Kier alpha value is -3.19. The number of phenols is 1. The average Bonchev–Trinajstić information content (AvgIpc) is 2.61. The van der Waals surface area contributed by atoms with Crippen LogP contribution in [0, 0.1) is 6.92 Å². The number of nitrogens with two attached hydrogens (primary N) is 1. The molecule has 0 unspecified atom stereocenters. The van der Waals surface area contributed by atoms with Crippen molar-refractivity contribution in [2.75, 3.05) is 11.1 Å². The van der Waals surface area contributed by atoms with Crippen molar-refractivity contribution in [3.63, 3.8) is 0 Å².